The molecule has 0 bridgehead atoms. The quantitative estimate of drug-likeness (QED) is 0.942. The lowest BCUT2D eigenvalue weighted by Crippen LogP contribution is -2.39. The Hall–Kier alpha value is -2.14. The van der Waals surface area contributed by atoms with Crippen LogP contribution < -0.4 is 5.32 Å². The molecule has 1 N–H and O–H groups in total. The maximum Gasteiger partial charge on any atom is 0.242 e. The minimum atomic E-state index is -0.0720. The van der Waals surface area contributed by atoms with Crippen molar-refractivity contribution >= 4 is 11.7 Å². The van der Waals surface area contributed by atoms with Gasteiger partial charge in [0, 0.05) is 31.2 Å². The Morgan fingerprint density at radius 1 is 1.36 bits per heavy atom. The van der Waals surface area contributed by atoms with E-state index in [1.54, 1.807) is 0 Å². The van der Waals surface area contributed by atoms with Gasteiger partial charge in [-0.05, 0) is 50.6 Å². The first-order valence-corrected chi connectivity index (χ1v) is 7.72. The highest BCUT2D eigenvalue weighted by Gasteiger charge is 2.31. The average molecular weight is 298 g/mol. The van der Waals surface area contributed by atoms with Crippen LogP contribution in [0.5, 0.6) is 0 Å². The molecule has 5 nitrogen and oxygen atoms in total. The second-order valence-corrected chi connectivity index (χ2v) is 5.89. The van der Waals surface area contributed by atoms with Crippen LogP contribution >= 0.6 is 0 Å². The zero-order valence-electron chi connectivity index (χ0n) is 13.1. The van der Waals surface area contributed by atoms with E-state index in [1.807, 2.05) is 44.4 Å². The van der Waals surface area contributed by atoms with E-state index in [9.17, 15) is 4.79 Å². The summed E-state index contributed by atoms with van der Waals surface area (Å²) in [5.74, 6) is 0.681. The van der Waals surface area contributed by atoms with Crippen LogP contribution in [0.3, 0.4) is 0 Å². The van der Waals surface area contributed by atoms with Crippen molar-refractivity contribution < 1.29 is 4.79 Å². The highest BCUT2D eigenvalue weighted by Crippen LogP contribution is 2.21. The molecule has 3 heterocycles. The molecule has 1 aliphatic heterocycles. The number of carbonyl (C=O) groups is 1. The fourth-order valence-electron chi connectivity index (χ4n) is 3.00. The molecule has 0 spiro atoms. The number of carbonyl (C=O) groups excluding carboxylic acids is 1. The van der Waals surface area contributed by atoms with Crippen molar-refractivity contribution in [3.8, 4) is 0 Å². The number of nitrogens with one attached hydrogen (secondary N) is 1. The van der Waals surface area contributed by atoms with Gasteiger partial charge >= 0.3 is 0 Å². The monoisotopic (exact) mass is 298 g/mol. The number of aryl methyl sites for hydroxylation is 2. The highest BCUT2D eigenvalue weighted by atomic mass is 16.2. The van der Waals surface area contributed by atoms with E-state index in [-0.39, 0.29) is 11.9 Å². The van der Waals surface area contributed by atoms with Gasteiger partial charge in [0.2, 0.25) is 5.91 Å². The molecule has 2 aromatic heterocycles. The van der Waals surface area contributed by atoms with Crippen LogP contribution in [0.25, 0.3) is 0 Å². The van der Waals surface area contributed by atoms with E-state index in [0.717, 1.165) is 31.6 Å². The van der Waals surface area contributed by atoms with Crippen molar-refractivity contribution in [3.63, 3.8) is 0 Å². The summed E-state index contributed by atoms with van der Waals surface area (Å²) < 4.78 is 2.11. The van der Waals surface area contributed by atoms with Crippen molar-refractivity contribution in [3.05, 3.63) is 47.9 Å². The van der Waals surface area contributed by atoms with Gasteiger partial charge in [-0.15, -0.1) is 0 Å². The lowest BCUT2D eigenvalue weighted by Gasteiger charge is -2.23. The third-order valence-corrected chi connectivity index (χ3v) is 4.22. The van der Waals surface area contributed by atoms with Crippen LogP contribution in [-0.2, 0) is 18.4 Å². The van der Waals surface area contributed by atoms with Crippen molar-refractivity contribution in [1.29, 1.82) is 0 Å². The number of pyridine rings is 1. The lowest BCUT2D eigenvalue weighted by molar-refractivity contribution is -0.120. The number of hydrogen-bond donors (Lipinski definition) is 1. The van der Waals surface area contributed by atoms with Crippen LogP contribution in [-0.4, -0.2) is 32.9 Å². The Kier molecular flexibility index (Phi) is 4.24. The number of likely N-dealkylation sites (tertiary alicyclic amines) is 1. The Balaban J connectivity index is 1.67. The SMILES string of the molecule is Cc1cccc(NC(=O)[C@@H]2CCCN2Cc2cccn2C)n1. The van der Waals surface area contributed by atoms with E-state index in [2.05, 4.69) is 25.8 Å². The number of hydrogen-bond acceptors (Lipinski definition) is 3. The molecule has 5 heteroatoms. The zero-order chi connectivity index (χ0) is 15.5. The number of nitrogens with zero attached hydrogens (tertiary/aromatic N) is 3. The second kappa shape index (κ2) is 6.32. The summed E-state index contributed by atoms with van der Waals surface area (Å²) in [4.78, 5) is 19.1. The van der Waals surface area contributed by atoms with Crippen LogP contribution in [0.15, 0.2) is 36.5 Å². The Morgan fingerprint density at radius 3 is 2.95 bits per heavy atom. The van der Waals surface area contributed by atoms with Crippen molar-refractivity contribution in [2.24, 2.45) is 7.05 Å². The molecule has 0 unspecified atom stereocenters. The molecule has 0 radical (unpaired) electrons. The van der Waals surface area contributed by atoms with E-state index >= 15 is 0 Å². The molecule has 1 saturated heterocycles. The molecular weight excluding hydrogens is 276 g/mol. The fourth-order valence-corrected chi connectivity index (χ4v) is 3.00. The zero-order valence-corrected chi connectivity index (χ0v) is 13.1. The van der Waals surface area contributed by atoms with E-state index in [0.29, 0.717) is 5.82 Å². The Labute approximate surface area is 131 Å². The average Bonchev–Trinajstić information content (AvgIpc) is 3.09. The van der Waals surface area contributed by atoms with Crippen LogP contribution in [0, 0.1) is 6.92 Å². The van der Waals surface area contributed by atoms with Gasteiger partial charge in [-0.2, -0.15) is 0 Å². The number of aromatic nitrogens is 2. The lowest BCUT2D eigenvalue weighted by atomic mass is 10.2. The molecule has 2 aromatic rings. The van der Waals surface area contributed by atoms with E-state index in [4.69, 9.17) is 0 Å². The van der Waals surface area contributed by atoms with Gasteiger partial charge < -0.3 is 9.88 Å². The van der Waals surface area contributed by atoms with Gasteiger partial charge in [0.1, 0.15) is 5.82 Å². The largest absolute Gasteiger partial charge is 0.353 e. The summed E-state index contributed by atoms with van der Waals surface area (Å²) in [7, 11) is 2.04. The van der Waals surface area contributed by atoms with Gasteiger partial charge in [-0.3, -0.25) is 9.69 Å². The van der Waals surface area contributed by atoms with Gasteiger partial charge in [-0.1, -0.05) is 6.07 Å². The highest BCUT2D eigenvalue weighted by molar-refractivity contribution is 5.94. The summed E-state index contributed by atoms with van der Waals surface area (Å²) >= 11 is 0. The maximum atomic E-state index is 12.6. The molecule has 22 heavy (non-hydrogen) atoms. The molecule has 0 saturated carbocycles. The maximum absolute atomic E-state index is 12.6. The smallest absolute Gasteiger partial charge is 0.242 e. The first kappa shape index (κ1) is 14.8. The van der Waals surface area contributed by atoms with Gasteiger partial charge in [0.05, 0.1) is 6.04 Å². The molecular formula is C17H22N4O. The van der Waals surface area contributed by atoms with Gasteiger partial charge in [0.25, 0.3) is 0 Å². The van der Waals surface area contributed by atoms with Crippen LogP contribution in [0.2, 0.25) is 0 Å². The predicted octanol–water partition coefficient (Wildman–Crippen LogP) is 2.33. The number of rotatable bonds is 4. The molecule has 1 aliphatic rings. The van der Waals surface area contributed by atoms with E-state index in [1.165, 1.54) is 5.69 Å². The predicted molar refractivity (Wildman–Crippen MR) is 86.4 cm³/mol. The topological polar surface area (TPSA) is 50.2 Å². The third kappa shape index (κ3) is 3.20. The molecule has 0 aromatic carbocycles. The number of anilines is 1. The summed E-state index contributed by atoms with van der Waals surface area (Å²) in [6.45, 7) is 3.69. The molecule has 1 atom stereocenters. The normalized spacial score (nSPS) is 18.5. The summed E-state index contributed by atoms with van der Waals surface area (Å²) in [5, 5.41) is 2.95. The van der Waals surface area contributed by atoms with Gasteiger partial charge in [0.15, 0.2) is 0 Å². The summed E-state index contributed by atoms with van der Waals surface area (Å²) in [6, 6.07) is 9.74. The van der Waals surface area contributed by atoms with Crippen LogP contribution in [0.1, 0.15) is 24.2 Å². The molecule has 1 amide bonds. The van der Waals surface area contributed by atoms with E-state index < -0.39 is 0 Å². The van der Waals surface area contributed by atoms with Crippen LogP contribution in [0.4, 0.5) is 5.82 Å². The third-order valence-electron chi connectivity index (χ3n) is 4.22. The summed E-state index contributed by atoms with van der Waals surface area (Å²) in [5.41, 5.74) is 2.14. The van der Waals surface area contributed by atoms with Crippen molar-refractivity contribution in [2.45, 2.75) is 32.4 Å². The minimum Gasteiger partial charge on any atom is -0.353 e. The van der Waals surface area contributed by atoms with Crippen molar-refractivity contribution in [2.75, 3.05) is 11.9 Å². The van der Waals surface area contributed by atoms with Crippen molar-refractivity contribution in [1.82, 2.24) is 14.5 Å². The fraction of sp³-hybridized carbons (Fsp3) is 0.412. The second-order valence-electron chi connectivity index (χ2n) is 5.89. The first-order valence-electron chi connectivity index (χ1n) is 7.72. The molecule has 1 fully saturated rings. The Morgan fingerprint density at radius 2 is 2.23 bits per heavy atom. The Bertz CT molecular complexity index is 664. The number of amides is 1. The standard InChI is InChI=1S/C17H22N4O/c1-13-6-3-9-16(18-13)19-17(22)15-8-5-11-21(15)12-14-7-4-10-20(14)2/h3-4,6-7,9-10,15H,5,8,11-12H2,1-2H3,(H,18,19,22)/t15-/m0/s1. The summed E-state index contributed by atoms with van der Waals surface area (Å²) in [6.07, 6.45) is 4.00. The molecule has 116 valence electrons. The minimum absolute atomic E-state index is 0.0461. The molecule has 0 aliphatic carbocycles. The molecule has 3 rings (SSSR count). The first-order chi connectivity index (χ1) is 10.6. The van der Waals surface area contributed by atoms with Gasteiger partial charge in [-0.25, -0.2) is 4.98 Å².